The number of pyridine rings is 1. The molecule has 146 valence electrons. The van der Waals surface area contributed by atoms with Crippen LogP contribution in [0.3, 0.4) is 0 Å². The zero-order chi connectivity index (χ0) is 20.2. The third-order valence-corrected chi connectivity index (χ3v) is 5.04. The number of non-ortho nitro benzene ring substituents is 1. The van der Waals surface area contributed by atoms with Gasteiger partial charge in [0.2, 0.25) is 0 Å². The molecule has 1 aromatic heterocycles. The van der Waals surface area contributed by atoms with Crippen LogP contribution in [0.2, 0.25) is 0 Å². The molecule has 7 heteroatoms. The van der Waals surface area contributed by atoms with Crippen LogP contribution in [0.4, 0.5) is 11.5 Å². The normalized spacial score (nSPS) is 12.9. The number of rotatable bonds is 5. The van der Waals surface area contributed by atoms with E-state index in [1.54, 1.807) is 12.3 Å². The molecule has 29 heavy (non-hydrogen) atoms. The number of nitro groups is 1. The standard InChI is InChI=1S/C22H20N4O3/c27-22(18-6-3-7-20(12-18)26(28)29)24-14-16-8-9-21(23-13-16)25-11-10-17-4-1-2-5-19(17)15-25/h1-9,12-13H,10-11,14-15H2,(H,24,27). The molecule has 0 radical (unpaired) electrons. The van der Waals surface area contributed by atoms with Gasteiger partial charge in [0.15, 0.2) is 0 Å². The highest BCUT2D eigenvalue weighted by molar-refractivity contribution is 5.94. The van der Waals surface area contributed by atoms with Gasteiger partial charge in [-0.05, 0) is 35.2 Å². The number of benzene rings is 2. The Labute approximate surface area is 168 Å². The number of carbonyl (C=O) groups is 1. The summed E-state index contributed by atoms with van der Waals surface area (Å²) in [5, 5.41) is 13.6. The molecule has 0 atom stereocenters. The van der Waals surface area contributed by atoms with Gasteiger partial charge in [-0.2, -0.15) is 0 Å². The predicted octanol–water partition coefficient (Wildman–Crippen LogP) is 3.48. The second-order valence-electron chi connectivity index (χ2n) is 6.96. The largest absolute Gasteiger partial charge is 0.352 e. The Morgan fingerprint density at radius 1 is 1.10 bits per heavy atom. The zero-order valence-electron chi connectivity index (χ0n) is 15.7. The van der Waals surface area contributed by atoms with Gasteiger partial charge in [0.25, 0.3) is 11.6 Å². The first kappa shape index (κ1) is 18.6. The molecule has 1 aliphatic rings. The number of fused-ring (bicyclic) bond motifs is 1. The molecule has 0 saturated carbocycles. The third kappa shape index (κ3) is 4.24. The number of carbonyl (C=O) groups excluding carboxylic acids is 1. The van der Waals surface area contributed by atoms with Crippen molar-refractivity contribution in [2.75, 3.05) is 11.4 Å². The molecular formula is C22H20N4O3. The highest BCUT2D eigenvalue weighted by Gasteiger charge is 2.17. The Kier molecular flexibility index (Phi) is 5.20. The Bertz CT molecular complexity index is 1050. The van der Waals surface area contributed by atoms with Crippen molar-refractivity contribution in [2.45, 2.75) is 19.5 Å². The molecule has 2 aromatic carbocycles. The number of amides is 1. The molecule has 7 nitrogen and oxygen atoms in total. The quantitative estimate of drug-likeness (QED) is 0.534. The van der Waals surface area contributed by atoms with Crippen molar-refractivity contribution in [3.05, 3.63) is 99.2 Å². The maximum absolute atomic E-state index is 12.3. The topological polar surface area (TPSA) is 88.4 Å². The maximum atomic E-state index is 12.3. The fraction of sp³-hybridized carbons (Fsp3) is 0.182. The predicted molar refractivity (Wildman–Crippen MR) is 110 cm³/mol. The lowest BCUT2D eigenvalue weighted by Gasteiger charge is -2.29. The zero-order valence-corrected chi connectivity index (χ0v) is 15.7. The van der Waals surface area contributed by atoms with Crippen LogP contribution in [0, 0.1) is 10.1 Å². The van der Waals surface area contributed by atoms with Crippen molar-refractivity contribution in [3.8, 4) is 0 Å². The molecule has 0 spiro atoms. The lowest BCUT2D eigenvalue weighted by molar-refractivity contribution is -0.384. The van der Waals surface area contributed by atoms with Gasteiger partial charge in [-0.3, -0.25) is 14.9 Å². The van der Waals surface area contributed by atoms with E-state index in [9.17, 15) is 14.9 Å². The van der Waals surface area contributed by atoms with E-state index in [1.165, 1.54) is 29.3 Å². The molecule has 1 aliphatic heterocycles. The van der Waals surface area contributed by atoms with Crippen molar-refractivity contribution in [1.29, 1.82) is 0 Å². The smallest absolute Gasteiger partial charge is 0.270 e. The van der Waals surface area contributed by atoms with E-state index in [0.29, 0.717) is 6.54 Å². The van der Waals surface area contributed by atoms with Crippen molar-refractivity contribution in [3.63, 3.8) is 0 Å². The first-order valence-corrected chi connectivity index (χ1v) is 9.39. The second kappa shape index (κ2) is 8.10. The number of anilines is 1. The molecule has 4 rings (SSSR count). The Morgan fingerprint density at radius 3 is 2.69 bits per heavy atom. The van der Waals surface area contributed by atoms with Crippen LogP contribution in [0.15, 0.2) is 66.9 Å². The van der Waals surface area contributed by atoms with Crippen molar-refractivity contribution < 1.29 is 9.72 Å². The van der Waals surface area contributed by atoms with Crippen molar-refractivity contribution in [2.24, 2.45) is 0 Å². The summed E-state index contributed by atoms with van der Waals surface area (Å²) in [6, 6.07) is 18.0. The Balaban J connectivity index is 1.37. The Morgan fingerprint density at radius 2 is 1.93 bits per heavy atom. The summed E-state index contributed by atoms with van der Waals surface area (Å²) < 4.78 is 0. The van der Waals surface area contributed by atoms with Crippen LogP contribution in [0.1, 0.15) is 27.0 Å². The summed E-state index contributed by atoms with van der Waals surface area (Å²) in [5.41, 5.74) is 3.74. The van der Waals surface area contributed by atoms with Gasteiger partial charge in [0.1, 0.15) is 5.82 Å². The van der Waals surface area contributed by atoms with Crippen LogP contribution in [-0.4, -0.2) is 22.4 Å². The average Bonchev–Trinajstić information content (AvgIpc) is 2.77. The SMILES string of the molecule is O=C(NCc1ccc(N2CCc3ccccc3C2)nc1)c1cccc([N+](=O)[O-])c1. The Hall–Kier alpha value is -3.74. The number of hydrogen-bond donors (Lipinski definition) is 1. The van der Waals surface area contributed by atoms with Crippen LogP contribution in [0.5, 0.6) is 0 Å². The molecule has 3 aromatic rings. The van der Waals surface area contributed by atoms with E-state index in [-0.39, 0.29) is 17.2 Å². The van der Waals surface area contributed by atoms with E-state index >= 15 is 0 Å². The number of nitrogens with zero attached hydrogens (tertiary/aromatic N) is 3. The number of hydrogen-bond acceptors (Lipinski definition) is 5. The van der Waals surface area contributed by atoms with E-state index in [4.69, 9.17) is 0 Å². The lowest BCUT2D eigenvalue weighted by Crippen LogP contribution is -2.31. The van der Waals surface area contributed by atoms with Crippen LogP contribution < -0.4 is 10.2 Å². The summed E-state index contributed by atoms with van der Waals surface area (Å²) in [6.07, 6.45) is 2.75. The van der Waals surface area contributed by atoms with Crippen LogP contribution in [0.25, 0.3) is 0 Å². The number of nitro benzene ring substituents is 1. The summed E-state index contributed by atoms with van der Waals surface area (Å²) >= 11 is 0. The third-order valence-electron chi connectivity index (χ3n) is 5.04. The van der Waals surface area contributed by atoms with Gasteiger partial charge in [0.05, 0.1) is 4.92 Å². The maximum Gasteiger partial charge on any atom is 0.270 e. The summed E-state index contributed by atoms with van der Waals surface area (Å²) in [5.74, 6) is 0.554. The number of nitrogens with one attached hydrogen (secondary N) is 1. The fourth-order valence-electron chi connectivity index (χ4n) is 3.44. The molecule has 0 aliphatic carbocycles. The molecule has 0 saturated heterocycles. The molecular weight excluding hydrogens is 368 g/mol. The van der Waals surface area contributed by atoms with E-state index in [2.05, 4.69) is 39.5 Å². The van der Waals surface area contributed by atoms with Gasteiger partial charge in [-0.15, -0.1) is 0 Å². The van der Waals surface area contributed by atoms with Crippen LogP contribution >= 0.6 is 0 Å². The van der Waals surface area contributed by atoms with Gasteiger partial charge >= 0.3 is 0 Å². The minimum Gasteiger partial charge on any atom is -0.352 e. The molecule has 0 fully saturated rings. The first-order valence-electron chi connectivity index (χ1n) is 9.39. The van der Waals surface area contributed by atoms with Gasteiger partial charge in [0, 0.05) is 43.5 Å². The first-order chi connectivity index (χ1) is 14.1. The molecule has 2 heterocycles. The monoisotopic (exact) mass is 388 g/mol. The lowest BCUT2D eigenvalue weighted by atomic mass is 10.00. The van der Waals surface area contributed by atoms with Crippen molar-refractivity contribution in [1.82, 2.24) is 10.3 Å². The minimum atomic E-state index is -0.515. The average molecular weight is 388 g/mol. The molecule has 0 unspecified atom stereocenters. The molecule has 0 bridgehead atoms. The van der Waals surface area contributed by atoms with E-state index in [0.717, 1.165) is 30.9 Å². The minimum absolute atomic E-state index is 0.105. The highest BCUT2D eigenvalue weighted by Crippen LogP contribution is 2.23. The molecule has 1 N–H and O–H groups in total. The highest BCUT2D eigenvalue weighted by atomic mass is 16.6. The van der Waals surface area contributed by atoms with E-state index in [1.807, 2.05) is 12.1 Å². The molecule has 1 amide bonds. The van der Waals surface area contributed by atoms with Crippen LogP contribution in [-0.2, 0) is 19.5 Å². The van der Waals surface area contributed by atoms with Gasteiger partial charge < -0.3 is 10.2 Å². The number of aromatic nitrogens is 1. The summed E-state index contributed by atoms with van der Waals surface area (Å²) in [6.45, 7) is 2.07. The summed E-state index contributed by atoms with van der Waals surface area (Å²) in [7, 11) is 0. The van der Waals surface area contributed by atoms with Gasteiger partial charge in [-0.1, -0.05) is 36.4 Å². The fourth-order valence-corrected chi connectivity index (χ4v) is 3.44. The van der Waals surface area contributed by atoms with E-state index < -0.39 is 4.92 Å². The van der Waals surface area contributed by atoms with Crippen molar-refractivity contribution >= 4 is 17.4 Å². The van der Waals surface area contributed by atoms with Gasteiger partial charge in [-0.25, -0.2) is 4.98 Å². The second-order valence-corrected chi connectivity index (χ2v) is 6.96. The summed E-state index contributed by atoms with van der Waals surface area (Å²) in [4.78, 5) is 29.4.